The minimum atomic E-state index is 0.555. The molecule has 0 amide bonds. The van der Waals surface area contributed by atoms with E-state index >= 15 is 0 Å². The highest BCUT2D eigenvalue weighted by molar-refractivity contribution is 7.14. The summed E-state index contributed by atoms with van der Waals surface area (Å²) in [7, 11) is 3.18. The van der Waals surface area contributed by atoms with E-state index in [0.29, 0.717) is 26.7 Å². The van der Waals surface area contributed by atoms with Crippen LogP contribution >= 0.6 is 34.5 Å². The summed E-state index contributed by atoms with van der Waals surface area (Å²) >= 11 is 13.6. The molecule has 0 aliphatic heterocycles. The number of anilines is 1. The van der Waals surface area contributed by atoms with Crippen LogP contribution in [0.15, 0.2) is 46.9 Å². The average molecular weight is 408 g/mol. The molecule has 26 heavy (non-hydrogen) atoms. The Balaban J connectivity index is 1.75. The van der Waals surface area contributed by atoms with Gasteiger partial charge in [0.1, 0.15) is 0 Å². The van der Waals surface area contributed by atoms with Gasteiger partial charge in [-0.05, 0) is 30.3 Å². The Hall–Kier alpha value is -2.28. The van der Waals surface area contributed by atoms with Crippen molar-refractivity contribution < 1.29 is 9.47 Å². The summed E-state index contributed by atoms with van der Waals surface area (Å²) in [6, 6.07) is 10.9. The van der Waals surface area contributed by atoms with E-state index in [1.54, 1.807) is 32.6 Å². The number of ether oxygens (including phenoxy) is 2. The van der Waals surface area contributed by atoms with E-state index in [-0.39, 0.29) is 0 Å². The number of methoxy groups -OCH3 is 2. The average Bonchev–Trinajstić information content (AvgIpc) is 3.10. The molecule has 3 rings (SSSR count). The summed E-state index contributed by atoms with van der Waals surface area (Å²) < 4.78 is 10.6. The molecule has 2 aromatic carbocycles. The van der Waals surface area contributed by atoms with Crippen molar-refractivity contribution in [3.05, 3.63) is 57.4 Å². The molecule has 0 aliphatic carbocycles. The lowest BCUT2D eigenvalue weighted by Gasteiger charge is -2.09. The molecule has 0 unspecified atom stereocenters. The minimum Gasteiger partial charge on any atom is -0.493 e. The minimum absolute atomic E-state index is 0.555. The van der Waals surface area contributed by atoms with Crippen LogP contribution in [0.25, 0.3) is 11.3 Å². The van der Waals surface area contributed by atoms with Crippen molar-refractivity contribution in [1.29, 1.82) is 0 Å². The van der Waals surface area contributed by atoms with Gasteiger partial charge in [0.15, 0.2) is 11.5 Å². The zero-order valence-electron chi connectivity index (χ0n) is 14.0. The smallest absolute Gasteiger partial charge is 0.203 e. The molecule has 5 nitrogen and oxygen atoms in total. The van der Waals surface area contributed by atoms with Gasteiger partial charge in [0.25, 0.3) is 0 Å². The lowest BCUT2D eigenvalue weighted by atomic mass is 10.2. The second-order valence-electron chi connectivity index (χ2n) is 5.11. The van der Waals surface area contributed by atoms with Crippen molar-refractivity contribution in [2.75, 3.05) is 19.6 Å². The molecule has 1 heterocycles. The fourth-order valence-electron chi connectivity index (χ4n) is 2.32. The van der Waals surface area contributed by atoms with Gasteiger partial charge in [0.2, 0.25) is 5.13 Å². The third-order valence-electron chi connectivity index (χ3n) is 3.51. The Kier molecular flexibility index (Phi) is 5.98. The molecule has 0 aliphatic rings. The SMILES string of the molecule is COc1cccc(C=NNc2nc(-c3ccc(Cl)cc3Cl)cs2)c1OC. The van der Waals surface area contributed by atoms with Gasteiger partial charge in [0, 0.05) is 21.5 Å². The number of para-hydroxylation sites is 1. The van der Waals surface area contributed by atoms with Gasteiger partial charge in [-0.15, -0.1) is 11.3 Å². The highest BCUT2D eigenvalue weighted by Crippen LogP contribution is 2.32. The first-order valence-corrected chi connectivity index (χ1v) is 9.17. The van der Waals surface area contributed by atoms with Crippen molar-refractivity contribution in [1.82, 2.24) is 4.98 Å². The third kappa shape index (κ3) is 4.09. The summed E-state index contributed by atoms with van der Waals surface area (Å²) in [6.45, 7) is 0. The topological polar surface area (TPSA) is 55.7 Å². The Labute approximate surface area is 165 Å². The summed E-state index contributed by atoms with van der Waals surface area (Å²) in [4.78, 5) is 4.49. The second-order valence-corrected chi connectivity index (χ2v) is 6.82. The van der Waals surface area contributed by atoms with Crippen LogP contribution in [0.4, 0.5) is 5.13 Å². The van der Waals surface area contributed by atoms with Crippen molar-refractivity contribution in [3.63, 3.8) is 0 Å². The number of hydrogen-bond acceptors (Lipinski definition) is 6. The summed E-state index contributed by atoms with van der Waals surface area (Å²) in [6.07, 6.45) is 1.65. The summed E-state index contributed by atoms with van der Waals surface area (Å²) in [5.74, 6) is 1.26. The normalized spacial score (nSPS) is 10.9. The molecular formula is C18H15Cl2N3O2S. The Morgan fingerprint density at radius 3 is 2.73 bits per heavy atom. The van der Waals surface area contributed by atoms with Gasteiger partial charge in [0.05, 0.1) is 31.2 Å². The molecular weight excluding hydrogens is 393 g/mol. The number of hydrazone groups is 1. The van der Waals surface area contributed by atoms with Gasteiger partial charge in [-0.2, -0.15) is 5.10 Å². The van der Waals surface area contributed by atoms with Gasteiger partial charge < -0.3 is 9.47 Å². The highest BCUT2D eigenvalue weighted by atomic mass is 35.5. The molecule has 8 heteroatoms. The molecule has 0 fully saturated rings. The van der Waals surface area contributed by atoms with Crippen molar-refractivity contribution in [3.8, 4) is 22.8 Å². The van der Waals surface area contributed by atoms with Gasteiger partial charge >= 0.3 is 0 Å². The van der Waals surface area contributed by atoms with E-state index in [9.17, 15) is 0 Å². The number of halogens is 2. The number of thiazole rings is 1. The molecule has 0 atom stereocenters. The molecule has 0 saturated carbocycles. The number of nitrogens with zero attached hydrogens (tertiary/aromatic N) is 2. The molecule has 0 bridgehead atoms. The number of benzene rings is 2. The van der Waals surface area contributed by atoms with E-state index in [1.165, 1.54) is 11.3 Å². The fraction of sp³-hybridized carbons (Fsp3) is 0.111. The van der Waals surface area contributed by atoms with Gasteiger partial charge in [-0.3, -0.25) is 5.43 Å². The van der Waals surface area contributed by atoms with Crippen LogP contribution < -0.4 is 14.9 Å². The monoisotopic (exact) mass is 407 g/mol. The maximum absolute atomic E-state index is 6.22. The molecule has 3 aromatic rings. The maximum Gasteiger partial charge on any atom is 0.203 e. The number of nitrogens with one attached hydrogen (secondary N) is 1. The van der Waals surface area contributed by atoms with Crippen molar-refractivity contribution in [2.24, 2.45) is 5.10 Å². The molecule has 134 valence electrons. The lowest BCUT2D eigenvalue weighted by molar-refractivity contribution is 0.354. The predicted molar refractivity (Wildman–Crippen MR) is 108 cm³/mol. The van der Waals surface area contributed by atoms with Crippen LogP contribution in [-0.2, 0) is 0 Å². The quantitative estimate of drug-likeness (QED) is 0.427. The Bertz CT molecular complexity index is 944. The van der Waals surface area contributed by atoms with Gasteiger partial charge in [-0.25, -0.2) is 4.98 Å². The van der Waals surface area contributed by atoms with Crippen molar-refractivity contribution >= 4 is 45.9 Å². The Morgan fingerprint density at radius 1 is 1.15 bits per heavy atom. The first-order valence-electron chi connectivity index (χ1n) is 7.53. The number of rotatable bonds is 6. The van der Waals surface area contributed by atoms with Crippen LogP contribution in [0.5, 0.6) is 11.5 Å². The molecule has 1 N–H and O–H groups in total. The van der Waals surface area contributed by atoms with E-state index < -0.39 is 0 Å². The Morgan fingerprint density at radius 2 is 2.00 bits per heavy atom. The van der Waals surface area contributed by atoms with Crippen LogP contribution in [0.2, 0.25) is 10.0 Å². The lowest BCUT2D eigenvalue weighted by Crippen LogP contribution is -1.96. The van der Waals surface area contributed by atoms with Crippen LogP contribution in [0.3, 0.4) is 0 Å². The standard InChI is InChI=1S/C18H15Cl2N3O2S/c1-24-16-5-3-4-11(17(16)25-2)9-21-23-18-22-15(10-26-18)13-7-6-12(19)8-14(13)20/h3-10H,1-2H3,(H,22,23). The van der Waals surface area contributed by atoms with Gasteiger partial charge in [-0.1, -0.05) is 29.3 Å². The second kappa shape index (κ2) is 8.40. The molecule has 1 aromatic heterocycles. The largest absolute Gasteiger partial charge is 0.493 e. The number of aromatic nitrogens is 1. The zero-order valence-corrected chi connectivity index (χ0v) is 16.3. The van der Waals surface area contributed by atoms with E-state index in [1.807, 2.05) is 29.6 Å². The molecule has 0 saturated heterocycles. The first kappa shape index (κ1) is 18.5. The summed E-state index contributed by atoms with van der Waals surface area (Å²) in [5.41, 5.74) is 5.28. The van der Waals surface area contributed by atoms with Crippen molar-refractivity contribution in [2.45, 2.75) is 0 Å². The van der Waals surface area contributed by atoms with E-state index in [4.69, 9.17) is 32.7 Å². The van der Waals surface area contributed by atoms with Crippen LogP contribution in [0, 0.1) is 0 Å². The van der Waals surface area contributed by atoms with Crippen LogP contribution in [-0.4, -0.2) is 25.4 Å². The predicted octanol–water partition coefficient (Wildman–Crippen LogP) is 5.58. The molecule has 0 radical (unpaired) electrons. The highest BCUT2D eigenvalue weighted by Gasteiger charge is 2.09. The maximum atomic E-state index is 6.22. The third-order valence-corrected chi connectivity index (χ3v) is 4.80. The van der Waals surface area contributed by atoms with E-state index in [0.717, 1.165) is 16.8 Å². The van der Waals surface area contributed by atoms with E-state index in [2.05, 4.69) is 15.5 Å². The first-order chi connectivity index (χ1) is 12.6. The fourth-order valence-corrected chi connectivity index (χ4v) is 3.48. The summed E-state index contributed by atoms with van der Waals surface area (Å²) in [5, 5.41) is 7.91. The van der Waals surface area contributed by atoms with Crippen LogP contribution in [0.1, 0.15) is 5.56 Å². The number of hydrogen-bond donors (Lipinski definition) is 1. The molecule has 0 spiro atoms. The zero-order chi connectivity index (χ0) is 18.5.